The van der Waals surface area contributed by atoms with Crippen molar-refractivity contribution in [1.29, 1.82) is 0 Å². The SMILES string of the molecule is C=CCN1CCc2nc3cc(C#Cc4cccc(F)c4)ccc3c(=O)n2CC1. The molecule has 0 N–H and O–H groups in total. The predicted molar refractivity (Wildman–Crippen MR) is 109 cm³/mol. The van der Waals surface area contributed by atoms with Crippen LogP contribution in [0.25, 0.3) is 10.9 Å². The number of nitrogens with zero attached hydrogens (tertiary/aromatic N) is 3. The monoisotopic (exact) mass is 373 g/mol. The van der Waals surface area contributed by atoms with E-state index in [2.05, 4.69) is 23.3 Å². The first kappa shape index (κ1) is 18.1. The maximum atomic E-state index is 13.3. The number of fused-ring (bicyclic) bond motifs is 2. The quantitative estimate of drug-likeness (QED) is 0.512. The van der Waals surface area contributed by atoms with Gasteiger partial charge in [0.2, 0.25) is 0 Å². The Morgan fingerprint density at radius 2 is 1.93 bits per heavy atom. The van der Waals surface area contributed by atoms with Gasteiger partial charge in [0.15, 0.2) is 0 Å². The van der Waals surface area contributed by atoms with Gasteiger partial charge in [0, 0.05) is 43.7 Å². The topological polar surface area (TPSA) is 38.1 Å². The van der Waals surface area contributed by atoms with Crippen molar-refractivity contribution in [2.24, 2.45) is 0 Å². The molecule has 0 radical (unpaired) electrons. The first-order valence-corrected chi connectivity index (χ1v) is 9.28. The van der Waals surface area contributed by atoms with Gasteiger partial charge in [0.05, 0.1) is 10.9 Å². The summed E-state index contributed by atoms with van der Waals surface area (Å²) in [6, 6.07) is 11.6. The molecule has 0 unspecified atom stereocenters. The van der Waals surface area contributed by atoms with Crippen molar-refractivity contribution in [3.8, 4) is 11.8 Å². The summed E-state index contributed by atoms with van der Waals surface area (Å²) in [4.78, 5) is 19.9. The van der Waals surface area contributed by atoms with Gasteiger partial charge in [-0.2, -0.15) is 0 Å². The molecule has 0 amide bonds. The van der Waals surface area contributed by atoms with E-state index in [-0.39, 0.29) is 11.4 Å². The van der Waals surface area contributed by atoms with Crippen molar-refractivity contribution in [1.82, 2.24) is 14.5 Å². The highest BCUT2D eigenvalue weighted by atomic mass is 19.1. The van der Waals surface area contributed by atoms with E-state index in [1.54, 1.807) is 22.8 Å². The second-order valence-electron chi connectivity index (χ2n) is 6.82. The maximum Gasteiger partial charge on any atom is 0.261 e. The molecule has 3 aromatic rings. The first-order chi connectivity index (χ1) is 13.6. The molecule has 28 heavy (non-hydrogen) atoms. The van der Waals surface area contributed by atoms with Gasteiger partial charge in [-0.3, -0.25) is 14.3 Å². The highest BCUT2D eigenvalue weighted by molar-refractivity contribution is 5.79. The Kier molecular flexibility index (Phi) is 5.05. The van der Waals surface area contributed by atoms with Crippen LogP contribution in [0, 0.1) is 17.7 Å². The van der Waals surface area contributed by atoms with Crippen LogP contribution in [-0.2, 0) is 13.0 Å². The van der Waals surface area contributed by atoms with Crippen molar-refractivity contribution >= 4 is 10.9 Å². The van der Waals surface area contributed by atoms with E-state index >= 15 is 0 Å². The summed E-state index contributed by atoms with van der Waals surface area (Å²) in [5.41, 5.74) is 2.00. The van der Waals surface area contributed by atoms with Crippen molar-refractivity contribution in [3.63, 3.8) is 0 Å². The third-order valence-corrected chi connectivity index (χ3v) is 4.89. The molecule has 2 aromatic carbocycles. The molecule has 1 aliphatic rings. The minimum absolute atomic E-state index is 0.00917. The Hall–Kier alpha value is -3.23. The van der Waals surface area contributed by atoms with Gasteiger partial charge < -0.3 is 0 Å². The molecule has 0 saturated heterocycles. The molecular formula is C23H20FN3O. The number of hydrogen-bond donors (Lipinski definition) is 0. The fraction of sp³-hybridized carbons (Fsp3) is 0.217. The number of hydrogen-bond acceptors (Lipinski definition) is 3. The average molecular weight is 373 g/mol. The van der Waals surface area contributed by atoms with Gasteiger partial charge in [0.1, 0.15) is 11.6 Å². The second-order valence-corrected chi connectivity index (χ2v) is 6.82. The first-order valence-electron chi connectivity index (χ1n) is 9.28. The summed E-state index contributed by atoms with van der Waals surface area (Å²) >= 11 is 0. The van der Waals surface area contributed by atoms with E-state index in [4.69, 9.17) is 4.98 Å². The largest absolute Gasteiger partial charge is 0.297 e. The van der Waals surface area contributed by atoms with Crippen LogP contribution in [0.4, 0.5) is 4.39 Å². The van der Waals surface area contributed by atoms with Crippen LogP contribution in [-0.4, -0.2) is 34.1 Å². The Labute approximate surface area is 162 Å². The zero-order chi connectivity index (χ0) is 19.5. The van der Waals surface area contributed by atoms with Crippen LogP contribution in [0.5, 0.6) is 0 Å². The smallest absolute Gasteiger partial charge is 0.261 e. The van der Waals surface area contributed by atoms with Gasteiger partial charge >= 0.3 is 0 Å². The summed E-state index contributed by atoms with van der Waals surface area (Å²) < 4.78 is 15.1. The van der Waals surface area contributed by atoms with Gasteiger partial charge in [-0.25, -0.2) is 9.37 Å². The van der Waals surface area contributed by atoms with Crippen molar-refractivity contribution < 1.29 is 4.39 Å². The molecule has 0 bridgehead atoms. The third kappa shape index (κ3) is 3.73. The van der Waals surface area contributed by atoms with Crippen molar-refractivity contribution in [3.05, 3.63) is 88.2 Å². The molecule has 5 heteroatoms. The lowest BCUT2D eigenvalue weighted by Gasteiger charge is -2.16. The van der Waals surface area contributed by atoms with E-state index < -0.39 is 0 Å². The van der Waals surface area contributed by atoms with Crippen LogP contribution in [0.15, 0.2) is 59.9 Å². The Balaban J connectivity index is 1.70. The molecule has 140 valence electrons. The number of rotatable bonds is 2. The van der Waals surface area contributed by atoms with Crippen LogP contribution >= 0.6 is 0 Å². The fourth-order valence-electron chi connectivity index (χ4n) is 3.45. The molecule has 0 spiro atoms. The normalized spacial score (nSPS) is 14.0. The highest BCUT2D eigenvalue weighted by Gasteiger charge is 2.17. The number of benzene rings is 2. The molecule has 0 aliphatic carbocycles. The lowest BCUT2D eigenvalue weighted by atomic mass is 10.1. The summed E-state index contributed by atoms with van der Waals surface area (Å²) in [5.74, 6) is 6.48. The van der Waals surface area contributed by atoms with Crippen LogP contribution in [0.2, 0.25) is 0 Å². The van der Waals surface area contributed by atoms with E-state index in [1.165, 1.54) is 12.1 Å². The highest BCUT2D eigenvalue weighted by Crippen LogP contribution is 2.14. The minimum atomic E-state index is -0.312. The van der Waals surface area contributed by atoms with E-state index in [9.17, 15) is 9.18 Å². The van der Waals surface area contributed by atoms with E-state index in [1.807, 2.05) is 18.2 Å². The molecule has 0 saturated carbocycles. The van der Waals surface area contributed by atoms with Crippen LogP contribution in [0.3, 0.4) is 0 Å². The third-order valence-electron chi connectivity index (χ3n) is 4.89. The zero-order valence-electron chi connectivity index (χ0n) is 15.5. The van der Waals surface area contributed by atoms with Gasteiger partial charge in [-0.05, 0) is 36.4 Å². The van der Waals surface area contributed by atoms with E-state index in [0.29, 0.717) is 23.0 Å². The molecule has 1 aliphatic heterocycles. The van der Waals surface area contributed by atoms with Crippen molar-refractivity contribution in [2.45, 2.75) is 13.0 Å². The fourth-order valence-corrected chi connectivity index (χ4v) is 3.45. The maximum absolute atomic E-state index is 13.3. The van der Waals surface area contributed by atoms with Crippen molar-refractivity contribution in [2.75, 3.05) is 19.6 Å². The average Bonchev–Trinajstić information content (AvgIpc) is 2.89. The van der Waals surface area contributed by atoms with Gasteiger partial charge in [-0.15, -0.1) is 6.58 Å². The molecule has 4 nitrogen and oxygen atoms in total. The molecular weight excluding hydrogens is 353 g/mol. The summed E-state index contributed by atoms with van der Waals surface area (Å²) in [5, 5.41) is 0.595. The summed E-state index contributed by atoms with van der Waals surface area (Å²) in [6.07, 6.45) is 2.60. The second kappa shape index (κ2) is 7.79. The lowest BCUT2D eigenvalue weighted by molar-refractivity contribution is 0.309. The Bertz CT molecular complexity index is 1170. The predicted octanol–water partition coefficient (Wildman–Crippen LogP) is 2.98. The Morgan fingerprint density at radius 3 is 2.71 bits per heavy atom. The molecule has 0 fully saturated rings. The molecule has 1 aromatic heterocycles. The van der Waals surface area contributed by atoms with E-state index in [0.717, 1.165) is 37.4 Å². The summed E-state index contributed by atoms with van der Waals surface area (Å²) in [6.45, 7) is 6.89. The summed E-state index contributed by atoms with van der Waals surface area (Å²) in [7, 11) is 0. The number of aromatic nitrogens is 2. The molecule has 4 rings (SSSR count). The lowest BCUT2D eigenvalue weighted by Crippen LogP contribution is -2.29. The zero-order valence-corrected chi connectivity index (χ0v) is 15.5. The van der Waals surface area contributed by atoms with Gasteiger partial charge in [-0.1, -0.05) is 24.0 Å². The van der Waals surface area contributed by atoms with Crippen LogP contribution in [0.1, 0.15) is 17.0 Å². The minimum Gasteiger partial charge on any atom is -0.297 e. The van der Waals surface area contributed by atoms with Crippen LogP contribution < -0.4 is 5.56 Å². The Morgan fingerprint density at radius 1 is 1.11 bits per heavy atom. The molecule has 0 atom stereocenters. The van der Waals surface area contributed by atoms with Gasteiger partial charge in [0.25, 0.3) is 5.56 Å². The molecule has 2 heterocycles. The standard InChI is InChI=1S/C23H20FN3O/c1-2-11-26-12-10-22-25-21-16-18(7-6-17-4-3-5-19(24)15-17)8-9-20(21)23(28)27(22)14-13-26/h2-5,8-9,15-16H,1,10-14H2. The number of halogens is 1.